The van der Waals surface area contributed by atoms with Crippen molar-refractivity contribution in [2.45, 2.75) is 38.5 Å². The first-order valence-electron chi connectivity index (χ1n) is 7.03. The Bertz CT molecular complexity index is 655. The van der Waals surface area contributed by atoms with Crippen LogP contribution in [0.1, 0.15) is 35.4 Å². The first kappa shape index (κ1) is 14.2. The summed E-state index contributed by atoms with van der Waals surface area (Å²) in [6.07, 6.45) is 2.61. The first-order valence-corrected chi connectivity index (χ1v) is 7.84. The number of benzene rings is 1. The smallest absolute Gasteiger partial charge is 0.236 e. The molecular weight excluding hydrogens is 287 g/mol. The summed E-state index contributed by atoms with van der Waals surface area (Å²) in [5.74, 6) is -0.311. The van der Waals surface area contributed by atoms with Crippen LogP contribution in [0.5, 0.6) is 0 Å². The lowest BCUT2D eigenvalue weighted by molar-refractivity contribution is -0.124. The van der Waals surface area contributed by atoms with Crippen molar-refractivity contribution in [1.29, 1.82) is 0 Å². The fourth-order valence-corrected chi connectivity index (χ4v) is 3.50. The molecule has 1 saturated carbocycles. The van der Waals surface area contributed by atoms with Crippen molar-refractivity contribution in [2.24, 2.45) is 0 Å². The van der Waals surface area contributed by atoms with Crippen molar-refractivity contribution in [3.05, 3.63) is 46.2 Å². The van der Waals surface area contributed by atoms with Crippen LogP contribution in [0, 0.1) is 19.7 Å². The normalized spacial score (nSPS) is 16.3. The van der Waals surface area contributed by atoms with Crippen molar-refractivity contribution in [3.63, 3.8) is 0 Å². The molecule has 1 aromatic carbocycles. The molecule has 3 nitrogen and oxygen atoms in total. The summed E-state index contributed by atoms with van der Waals surface area (Å²) < 4.78 is 13.1. The summed E-state index contributed by atoms with van der Waals surface area (Å²) in [4.78, 5) is 18.1. The topological polar surface area (TPSA) is 42.0 Å². The molecule has 1 fully saturated rings. The summed E-state index contributed by atoms with van der Waals surface area (Å²) in [5.41, 5.74) is 1.30. The molecular formula is C16H17FN2OS. The van der Waals surface area contributed by atoms with E-state index in [2.05, 4.69) is 10.3 Å². The third-order valence-electron chi connectivity index (χ3n) is 4.29. The lowest BCUT2D eigenvalue weighted by Crippen LogP contribution is -2.46. The van der Waals surface area contributed by atoms with Gasteiger partial charge >= 0.3 is 0 Å². The summed E-state index contributed by atoms with van der Waals surface area (Å²) in [7, 11) is 0. The summed E-state index contributed by atoms with van der Waals surface area (Å²) in [6, 6.07) is 6.26. The van der Waals surface area contributed by atoms with Gasteiger partial charge in [-0.3, -0.25) is 4.79 Å². The van der Waals surface area contributed by atoms with Crippen LogP contribution in [0.15, 0.2) is 24.3 Å². The lowest BCUT2D eigenvalue weighted by atomic mass is 9.64. The highest BCUT2D eigenvalue weighted by Crippen LogP contribution is 2.44. The van der Waals surface area contributed by atoms with Gasteiger partial charge < -0.3 is 5.32 Å². The van der Waals surface area contributed by atoms with E-state index in [4.69, 9.17) is 0 Å². The van der Waals surface area contributed by atoms with Crippen LogP contribution in [-0.2, 0) is 10.2 Å². The third kappa shape index (κ3) is 2.46. The van der Waals surface area contributed by atoms with Gasteiger partial charge in [0.05, 0.1) is 11.1 Å². The van der Waals surface area contributed by atoms with Crippen LogP contribution < -0.4 is 5.32 Å². The van der Waals surface area contributed by atoms with Crippen LogP contribution in [0.3, 0.4) is 0 Å². The second-order valence-corrected chi connectivity index (χ2v) is 6.76. The van der Waals surface area contributed by atoms with Gasteiger partial charge in [-0.1, -0.05) is 18.6 Å². The highest BCUT2D eigenvalue weighted by molar-refractivity contribution is 7.15. The second kappa shape index (κ2) is 5.22. The SMILES string of the molecule is Cc1nc(NC(=O)C2(c3ccc(F)cc3)CCC2)sc1C. The Kier molecular flexibility index (Phi) is 3.53. The molecule has 1 amide bonds. The van der Waals surface area contributed by atoms with E-state index in [-0.39, 0.29) is 11.7 Å². The number of amides is 1. The summed E-state index contributed by atoms with van der Waals surface area (Å²) in [6.45, 7) is 3.92. The Morgan fingerprint density at radius 2 is 1.95 bits per heavy atom. The fourth-order valence-electron chi connectivity index (χ4n) is 2.69. The van der Waals surface area contributed by atoms with Gasteiger partial charge in [0.1, 0.15) is 5.82 Å². The zero-order valence-electron chi connectivity index (χ0n) is 12.1. The number of aromatic nitrogens is 1. The number of hydrogen-bond donors (Lipinski definition) is 1. The van der Waals surface area contributed by atoms with E-state index in [1.54, 1.807) is 12.1 Å². The molecule has 1 aromatic heterocycles. The number of nitrogens with zero attached hydrogens (tertiary/aromatic N) is 1. The average Bonchev–Trinajstić information content (AvgIpc) is 2.69. The maximum atomic E-state index is 13.1. The van der Waals surface area contributed by atoms with Crippen molar-refractivity contribution in [3.8, 4) is 0 Å². The molecule has 21 heavy (non-hydrogen) atoms. The van der Waals surface area contributed by atoms with Gasteiger partial charge in [-0.2, -0.15) is 0 Å². The van der Waals surface area contributed by atoms with Gasteiger partial charge in [-0.25, -0.2) is 9.37 Å². The minimum absolute atomic E-state index is 0.0332. The van der Waals surface area contributed by atoms with E-state index in [9.17, 15) is 9.18 Å². The zero-order valence-corrected chi connectivity index (χ0v) is 12.9. The van der Waals surface area contributed by atoms with Gasteiger partial charge in [-0.05, 0) is 44.4 Å². The molecule has 0 unspecified atom stereocenters. The minimum Gasteiger partial charge on any atom is -0.301 e. The number of hydrogen-bond acceptors (Lipinski definition) is 3. The number of rotatable bonds is 3. The molecule has 2 aromatic rings. The van der Waals surface area contributed by atoms with Gasteiger partial charge in [0.15, 0.2) is 5.13 Å². The van der Waals surface area contributed by atoms with Gasteiger partial charge in [0, 0.05) is 4.88 Å². The van der Waals surface area contributed by atoms with Crippen LogP contribution >= 0.6 is 11.3 Å². The highest BCUT2D eigenvalue weighted by Gasteiger charge is 2.45. The zero-order chi connectivity index (χ0) is 15.0. The van der Waals surface area contributed by atoms with E-state index >= 15 is 0 Å². The minimum atomic E-state index is -0.527. The standard InChI is InChI=1S/C16H17FN2OS/c1-10-11(2)21-15(18-10)19-14(20)16(8-3-9-16)12-4-6-13(17)7-5-12/h4-7H,3,8-9H2,1-2H3,(H,18,19,20). The Labute approximate surface area is 127 Å². The summed E-state index contributed by atoms with van der Waals surface area (Å²) >= 11 is 1.49. The van der Waals surface area contributed by atoms with Crippen molar-refractivity contribution in [1.82, 2.24) is 4.98 Å². The third-order valence-corrected chi connectivity index (χ3v) is 5.28. The molecule has 0 bridgehead atoms. The largest absolute Gasteiger partial charge is 0.301 e. The number of carbonyl (C=O) groups is 1. The molecule has 0 spiro atoms. The number of aryl methyl sites for hydroxylation is 2. The van der Waals surface area contributed by atoms with E-state index in [1.165, 1.54) is 23.5 Å². The number of anilines is 1. The predicted molar refractivity (Wildman–Crippen MR) is 82.1 cm³/mol. The molecule has 0 atom stereocenters. The molecule has 3 rings (SSSR count). The predicted octanol–water partition coefficient (Wildman–Crippen LogP) is 3.96. The Morgan fingerprint density at radius 1 is 1.29 bits per heavy atom. The molecule has 5 heteroatoms. The number of halogens is 1. The molecule has 0 saturated heterocycles. The quantitative estimate of drug-likeness (QED) is 0.932. The highest BCUT2D eigenvalue weighted by atomic mass is 32.1. The number of nitrogens with one attached hydrogen (secondary N) is 1. The van der Waals surface area contributed by atoms with Gasteiger partial charge in [0.2, 0.25) is 5.91 Å². The molecule has 1 aliphatic rings. The molecule has 0 radical (unpaired) electrons. The monoisotopic (exact) mass is 304 g/mol. The second-order valence-electron chi connectivity index (χ2n) is 5.56. The fraction of sp³-hybridized carbons (Fsp3) is 0.375. The van der Waals surface area contributed by atoms with Gasteiger partial charge in [0.25, 0.3) is 0 Å². The van der Waals surface area contributed by atoms with E-state index < -0.39 is 5.41 Å². The molecule has 1 heterocycles. The number of carbonyl (C=O) groups excluding carboxylic acids is 1. The van der Waals surface area contributed by atoms with Crippen molar-refractivity contribution < 1.29 is 9.18 Å². The molecule has 110 valence electrons. The average molecular weight is 304 g/mol. The van der Waals surface area contributed by atoms with E-state index in [0.717, 1.165) is 35.4 Å². The summed E-state index contributed by atoms with van der Waals surface area (Å²) in [5, 5.41) is 3.58. The van der Waals surface area contributed by atoms with E-state index in [0.29, 0.717) is 5.13 Å². The van der Waals surface area contributed by atoms with Crippen molar-refractivity contribution in [2.75, 3.05) is 5.32 Å². The van der Waals surface area contributed by atoms with Crippen LogP contribution in [0.4, 0.5) is 9.52 Å². The number of thiazole rings is 1. The first-order chi connectivity index (χ1) is 10.0. The van der Waals surface area contributed by atoms with E-state index in [1.807, 2.05) is 13.8 Å². The maximum Gasteiger partial charge on any atom is 0.236 e. The molecule has 0 aliphatic heterocycles. The van der Waals surface area contributed by atoms with Crippen LogP contribution in [0.25, 0.3) is 0 Å². The Balaban J connectivity index is 1.85. The molecule has 1 aliphatic carbocycles. The van der Waals surface area contributed by atoms with Crippen LogP contribution in [-0.4, -0.2) is 10.9 Å². The maximum absolute atomic E-state index is 13.1. The van der Waals surface area contributed by atoms with Crippen molar-refractivity contribution >= 4 is 22.4 Å². The van der Waals surface area contributed by atoms with Crippen LogP contribution in [0.2, 0.25) is 0 Å². The Morgan fingerprint density at radius 3 is 2.43 bits per heavy atom. The van der Waals surface area contributed by atoms with Gasteiger partial charge in [-0.15, -0.1) is 11.3 Å². The molecule has 1 N–H and O–H groups in total. The Hall–Kier alpha value is -1.75. The lowest BCUT2D eigenvalue weighted by Gasteiger charge is -2.40.